The van der Waals surface area contributed by atoms with Crippen LogP contribution in [0.1, 0.15) is 18.1 Å². The van der Waals surface area contributed by atoms with Crippen LogP contribution < -0.4 is 15.1 Å². The quantitative estimate of drug-likeness (QED) is 0.203. The van der Waals surface area contributed by atoms with Crippen molar-refractivity contribution in [2.75, 3.05) is 19.4 Å². The van der Waals surface area contributed by atoms with E-state index in [-0.39, 0.29) is 30.9 Å². The van der Waals surface area contributed by atoms with Gasteiger partial charge in [0.05, 0.1) is 13.2 Å². The molecule has 11 heteroatoms. The van der Waals surface area contributed by atoms with E-state index in [4.69, 9.17) is 47.1 Å². The van der Waals surface area contributed by atoms with E-state index in [1.54, 1.807) is 45.0 Å². The van der Waals surface area contributed by atoms with Crippen LogP contribution in [0.15, 0.2) is 36.4 Å². The molecule has 0 heterocycles. The molecule has 8 nitrogen and oxygen atoms in total. The fourth-order valence-corrected chi connectivity index (χ4v) is 3.26. The largest absolute Gasteiger partial charge is 0.465 e. The number of carbonyl (C=O) groups is 1. The number of nitrogens with one attached hydrogen (secondary N) is 1. The number of hydrogen-bond donors (Lipinski definition) is 1. The smallest absolute Gasteiger partial charge is 0.418 e. The van der Waals surface area contributed by atoms with Gasteiger partial charge in [0, 0.05) is 10.0 Å². The third-order valence-electron chi connectivity index (χ3n) is 3.63. The zero-order valence-corrected chi connectivity index (χ0v) is 19.1. The monoisotopic (exact) mass is 477 g/mol. The first-order valence-corrected chi connectivity index (χ1v) is 11.4. The van der Waals surface area contributed by atoms with E-state index in [1.165, 1.54) is 12.1 Å². The first-order valence-electron chi connectivity index (χ1n) is 8.92. The van der Waals surface area contributed by atoms with E-state index in [0.29, 0.717) is 10.0 Å². The van der Waals surface area contributed by atoms with Gasteiger partial charge in [-0.05, 0) is 68.3 Å². The molecular weight excluding hydrogens is 456 g/mol. The van der Waals surface area contributed by atoms with Crippen LogP contribution in [-0.2, 0) is 23.4 Å². The highest BCUT2D eigenvalue weighted by Crippen LogP contribution is 2.48. The number of hydrogen-bond acceptors (Lipinski definition) is 8. The van der Waals surface area contributed by atoms with Crippen LogP contribution >= 0.6 is 30.8 Å². The summed E-state index contributed by atoms with van der Waals surface area (Å²) in [6.45, 7) is 5.25. The molecule has 0 aliphatic carbocycles. The number of ether oxygens (including phenoxy) is 1. The lowest BCUT2D eigenvalue weighted by Gasteiger charge is -2.17. The molecule has 0 aromatic heterocycles. The van der Waals surface area contributed by atoms with Gasteiger partial charge in [0.15, 0.2) is 11.5 Å². The van der Waals surface area contributed by atoms with Crippen molar-refractivity contribution in [2.24, 2.45) is 0 Å². The summed E-state index contributed by atoms with van der Waals surface area (Å²) in [6, 6.07) is 9.48. The van der Waals surface area contributed by atoms with Crippen LogP contribution in [0.4, 0.5) is 0 Å². The summed E-state index contributed by atoms with van der Waals surface area (Å²) >= 11 is 12.0. The molecule has 0 aliphatic rings. The first kappa shape index (κ1) is 24.5. The van der Waals surface area contributed by atoms with Gasteiger partial charge in [0.25, 0.3) is 0 Å². The first-order chi connectivity index (χ1) is 14.2. The molecule has 1 N–H and O–H groups in total. The predicted octanol–water partition coefficient (Wildman–Crippen LogP) is 5.23. The zero-order chi connectivity index (χ0) is 22.1. The molecule has 0 saturated heterocycles. The average Bonchev–Trinajstić information content (AvgIpc) is 2.70. The van der Waals surface area contributed by atoms with Crippen molar-refractivity contribution in [1.82, 2.24) is 5.32 Å². The molecule has 0 atom stereocenters. The van der Waals surface area contributed by atoms with Crippen molar-refractivity contribution >= 4 is 36.8 Å². The second-order valence-electron chi connectivity index (χ2n) is 6.14. The van der Waals surface area contributed by atoms with Crippen LogP contribution in [0.3, 0.4) is 0 Å². The molecule has 164 valence electrons. The fourth-order valence-electron chi connectivity index (χ4n) is 2.11. The highest BCUT2D eigenvalue weighted by atomic mass is 35.5. The lowest BCUT2D eigenvalue weighted by Crippen LogP contribution is -2.27. The average molecular weight is 478 g/mol. The maximum absolute atomic E-state index is 13.0. The van der Waals surface area contributed by atoms with E-state index < -0.39 is 13.6 Å². The Morgan fingerprint density at radius 2 is 1.47 bits per heavy atom. The van der Waals surface area contributed by atoms with Crippen molar-refractivity contribution in [2.45, 2.75) is 20.8 Å². The molecule has 2 aromatic carbocycles. The predicted molar refractivity (Wildman–Crippen MR) is 113 cm³/mol. The molecule has 0 amide bonds. The minimum Gasteiger partial charge on any atom is -0.465 e. The number of carbonyl (C=O) groups excluding carboxylic acids is 1. The van der Waals surface area contributed by atoms with Crippen LogP contribution in [-0.4, -0.2) is 25.4 Å². The minimum atomic E-state index is -4.01. The second kappa shape index (κ2) is 11.6. The molecular formula is C19H22Cl2NO7P. The summed E-state index contributed by atoms with van der Waals surface area (Å²) in [5, 5.41) is 3.72. The molecule has 0 unspecified atom stereocenters. The third kappa shape index (κ3) is 7.80. The van der Waals surface area contributed by atoms with Crippen LogP contribution in [0, 0.1) is 13.8 Å². The number of esters is 1. The van der Waals surface area contributed by atoms with Crippen molar-refractivity contribution in [3.63, 3.8) is 0 Å². The van der Waals surface area contributed by atoms with Gasteiger partial charge in [0.2, 0.25) is 0 Å². The number of benzene rings is 2. The maximum atomic E-state index is 13.0. The van der Waals surface area contributed by atoms with E-state index in [9.17, 15) is 9.36 Å². The van der Waals surface area contributed by atoms with Crippen molar-refractivity contribution in [3.05, 3.63) is 57.6 Å². The Labute approximate surface area is 184 Å². The number of aryl methyl sites for hydroxylation is 2. The zero-order valence-electron chi connectivity index (χ0n) is 16.6. The Morgan fingerprint density at radius 3 is 1.90 bits per heavy atom. The van der Waals surface area contributed by atoms with E-state index in [2.05, 4.69) is 5.32 Å². The molecule has 0 aliphatic heterocycles. The Balaban J connectivity index is 2.05. The van der Waals surface area contributed by atoms with Crippen molar-refractivity contribution < 1.29 is 33.2 Å². The van der Waals surface area contributed by atoms with Gasteiger partial charge >= 0.3 is 13.6 Å². The van der Waals surface area contributed by atoms with Crippen molar-refractivity contribution in [3.8, 4) is 11.5 Å². The maximum Gasteiger partial charge on any atom is 0.418 e. The fraction of sp³-hybridized carbons (Fsp3) is 0.316. The summed E-state index contributed by atoms with van der Waals surface area (Å²) in [6.07, 6.45) is -0.384. The summed E-state index contributed by atoms with van der Waals surface area (Å²) in [4.78, 5) is 21.8. The Bertz CT molecular complexity index is 866. The van der Waals surface area contributed by atoms with E-state index in [1.807, 2.05) is 0 Å². The van der Waals surface area contributed by atoms with Crippen LogP contribution in [0.5, 0.6) is 11.5 Å². The second-order valence-corrected chi connectivity index (χ2v) is 8.79. The molecule has 0 saturated carbocycles. The molecule has 0 bridgehead atoms. The van der Waals surface area contributed by atoms with Gasteiger partial charge < -0.3 is 14.5 Å². The third-order valence-corrected chi connectivity index (χ3v) is 5.70. The van der Waals surface area contributed by atoms with Gasteiger partial charge in [0.1, 0.15) is 6.29 Å². The minimum absolute atomic E-state index is 0.204. The molecule has 0 spiro atoms. The van der Waals surface area contributed by atoms with Crippen LogP contribution in [0.2, 0.25) is 10.0 Å². The Kier molecular flexibility index (Phi) is 9.42. The molecule has 0 radical (unpaired) electrons. The van der Waals surface area contributed by atoms with E-state index >= 15 is 0 Å². The molecule has 2 rings (SSSR count). The van der Waals surface area contributed by atoms with Gasteiger partial charge in [-0.1, -0.05) is 32.6 Å². The summed E-state index contributed by atoms with van der Waals surface area (Å²) < 4.78 is 28.0. The highest BCUT2D eigenvalue weighted by Gasteiger charge is 2.30. The number of halogens is 2. The van der Waals surface area contributed by atoms with Gasteiger partial charge in [-0.3, -0.25) is 14.7 Å². The van der Waals surface area contributed by atoms with Gasteiger partial charge in [-0.15, -0.1) is 0 Å². The normalized spacial score (nSPS) is 11.2. The van der Waals surface area contributed by atoms with Crippen LogP contribution in [0.25, 0.3) is 0 Å². The van der Waals surface area contributed by atoms with Gasteiger partial charge in [-0.2, -0.15) is 0 Å². The van der Waals surface area contributed by atoms with Crippen molar-refractivity contribution in [1.29, 1.82) is 0 Å². The Hall–Kier alpha value is -1.80. The topological polar surface area (TPSA) is 92.3 Å². The number of rotatable bonds is 11. The lowest BCUT2D eigenvalue weighted by atomic mass is 10.2. The summed E-state index contributed by atoms with van der Waals surface area (Å²) in [7, 11) is -4.01. The lowest BCUT2D eigenvalue weighted by molar-refractivity contribution is -0.171. The highest BCUT2D eigenvalue weighted by molar-refractivity contribution is 7.53. The molecule has 0 fully saturated rings. The van der Waals surface area contributed by atoms with Gasteiger partial charge in [-0.25, -0.2) is 0 Å². The molecule has 30 heavy (non-hydrogen) atoms. The summed E-state index contributed by atoms with van der Waals surface area (Å²) in [5.74, 6) is -0.00514. The summed E-state index contributed by atoms with van der Waals surface area (Å²) in [5.41, 5.74) is 1.48. The SMILES string of the molecule is CCOC(=O)CNCP(=O)(OOc1ccc(Cl)c(C)c1)OOc1ccc(Cl)c(C)c1. The Morgan fingerprint density at radius 1 is 0.967 bits per heavy atom. The molecule has 2 aromatic rings. The standard InChI is InChI=1S/C19H22Cl2NO7P/c1-4-25-19(23)11-22-12-30(24,28-26-15-5-7-17(20)13(2)9-15)29-27-16-6-8-18(21)14(3)10-16/h5-10,22H,4,11-12H2,1-3H3. The van der Waals surface area contributed by atoms with E-state index in [0.717, 1.165) is 11.1 Å².